The van der Waals surface area contributed by atoms with Gasteiger partial charge in [-0.1, -0.05) is 23.7 Å². The van der Waals surface area contributed by atoms with E-state index < -0.39 is 6.04 Å². The van der Waals surface area contributed by atoms with Crippen LogP contribution < -0.4 is 15.1 Å². The van der Waals surface area contributed by atoms with Gasteiger partial charge in [0.25, 0.3) is 5.91 Å². The van der Waals surface area contributed by atoms with Crippen molar-refractivity contribution in [3.05, 3.63) is 74.6 Å². The number of fused-ring (bicyclic) bond motifs is 2. The molecule has 2 aliphatic rings. The zero-order valence-electron chi connectivity index (χ0n) is 18.4. The summed E-state index contributed by atoms with van der Waals surface area (Å²) >= 11 is 6.15. The number of ether oxygens (including phenoxy) is 2. The Kier molecular flexibility index (Phi) is 6.10. The smallest absolute Gasteiger partial charge is 0.290 e. The number of hydrogen-bond donors (Lipinski definition) is 1. The Labute approximate surface area is 196 Å². The summed E-state index contributed by atoms with van der Waals surface area (Å²) in [6.45, 7) is 4.94. The number of hydrogen-bond acceptors (Lipinski definition) is 5. The molecule has 0 aliphatic carbocycles. The van der Waals surface area contributed by atoms with E-state index in [0.717, 1.165) is 44.8 Å². The number of rotatable bonds is 6. The van der Waals surface area contributed by atoms with Gasteiger partial charge in [-0.15, -0.1) is 0 Å². The summed E-state index contributed by atoms with van der Waals surface area (Å²) in [6, 6.07) is 11.8. The molecule has 5 rings (SSSR count). The monoisotopic (exact) mass is 469 g/mol. The molecule has 3 aromatic rings. The fraction of sp³-hybridized carbons (Fsp3) is 0.360. The topological polar surface area (TPSA) is 73.4 Å². The van der Waals surface area contributed by atoms with Crippen LogP contribution in [0.25, 0.3) is 11.0 Å². The highest BCUT2D eigenvalue weighted by atomic mass is 35.5. The first kappa shape index (κ1) is 21.9. The summed E-state index contributed by atoms with van der Waals surface area (Å²) in [5, 5.41) is 0.823. The van der Waals surface area contributed by atoms with Crippen LogP contribution in [0.15, 0.2) is 51.7 Å². The number of nitrogens with one attached hydrogen (secondary N) is 1. The lowest BCUT2D eigenvalue weighted by Crippen LogP contribution is -3.14. The van der Waals surface area contributed by atoms with Crippen molar-refractivity contribution < 1.29 is 23.6 Å². The zero-order chi connectivity index (χ0) is 22.9. The quantitative estimate of drug-likeness (QED) is 0.599. The van der Waals surface area contributed by atoms with E-state index in [-0.39, 0.29) is 17.1 Å². The number of nitrogens with zero attached hydrogens (tertiary/aromatic N) is 1. The molecule has 0 bridgehead atoms. The van der Waals surface area contributed by atoms with E-state index >= 15 is 0 Å². The van der Waals surface area contributed by atoms with Crippen LogP contribution in [0.2, 0.25) is 5.02 Å². The predicted octanol–water partition coefficient (Wildman–Crippen LogP) is 2.31. The molecule has 8 heteroatoms. The fourth-order valence-corrected chi connectivity index (χ4v) is 4.96. The van der Waals surface area contributed by atoms with E-state index in [2.05, 4.69) is 0 Å². The normalized spacial score (nSPS) is 18.7. The fourth-order valence-electron chi connectivity index (χ4n) is 4.79. The first-order valence-corrected chi connectivity index (χ1v) is 11.6. The minimum atomic E-state index is -0.540. The van der Waals surface area contributed by atoms with Crippen LogP contribution in [0.4, 0.5) is 0 Å². The molecule has 0 spiro atoms. The van der Waals surface area contributed by atoms with Gasteiger partial charge in [-0.25, -0.2) is 0 Å². The van der Waals surface area contributed by atoms with Gasteiger partial charge in [0.05, 0.1) is 43.9 Å². The summed E-state index contributed by atoms with van der Waals surface area (Å²) in [5.41, 5.74) is 1.31. The molecule has 33 heavy (non-hydrogen) atoms. The Balaban J connectivity index is 1.55. The van der Waals surface area contributed by atoms with Crippen molar-refractivity contribution >= 4 is 28.5 Å². The van der Waals surface area contributed by atoms with E-state index in [1.54, 1.807) is 30.2 Å². The average molecular weight is 470 g/mol. The Morgan fingerprint density at radius 1 is 1.15 bits per heavy atom. The molecule has 2 aliphatic heterocycles. The number of morpholine rings is 1. The van der Waals surface area contributed by atoms with Crippen molar-refractivity contribution in [2.75, 3.05) is 46.5 Å². The van der Waals surface area contributed by atoms with Crippen LogP contribution >= 0.6 is 11.6 Å². The summed E-state index contributed by atoms with van der Waals surface area (Å²) in [4.78, 5) is 30.3. The molecule has 1 N–H and O–H groups in total. The number of quaternary nitrogens is 1. The minimum Gasteiger partial charge on any atom is -0.497 e. The molecular weight excluding hydrogens is 444 g/mol. The number of amides is 1. The minimum absolute atomic E-state index is 0.112. The van der Waals surface area contributed by atoms with Crippen LogP contribution in [-0.4, -0.2) is 57.3 Å². The lowest BCUT2D eigenvalue weighted by Gasteiger charge is -2.27. The van der Waals surface area contributed by atoms with Gasteiger partial charge in [0.15, 0.2) is 5.43 Å². The third kappa shape index (κ3) is 4.12. The summed E-state index contributed by atoms with van der Waals surface area (Å²) in [6.07, 6.45) is 0.815. The van der Waals surface area contributed by atoms with Gasteiger partial charge in [0.1, 0.15) is 24.4 Å². The second-order valence-corrected chi connectivity index (χ2v) is 8.89. The van der Waals surface area contributed by atoms with Crippen LogP contribution in [0, 0.1) is 0 Å². The number of halogens is 1. The van der Waals surface area contributed by atoms with Crippen molar-refractivity contribution in [3.63, 3.8) is 0 Å². The van der Waals surface area contributed by atoms with Gasteiger partial charge < -0.3 is 23.7 Å². The molecule has 0 unspecified atom stereocenters. The third-order valence-electron chi connectivity index (χ3n) is 6.47. The third-order valence-corrected chi connectivity index (χ3v) is 6.70. The van der Waals surface area contributed by atoms with E-state index in [1.165, 1.54) is 4.90 Å². The van der Waals surface area contributed by atoms with Crippen molar-refractivity contribution in [3.8, 4) is 5.75 Å². The molecule has 3 heterocycles. The Hall–Kier alpha value is -2.87. The summed E-state index contributed by atoms with van der Waals surface area (Å²) in [7, 11) is 1.60. The molecule has 2 aromatic carbocycles. The van der Waals surface area contributed by atoms with Crippen molar-refractivity contribution in [2.45, 2.75) is 12.5 Å². The highest BCUT2D eigenvalue weighted by Crippen LogP contribution is 2.39. The highest BCUT2D eigenvalue weighted by Gasteiger charge is 2.42. The van der Waals surface area contributed by atoms with Gasteiger partial charge >= 0.3 is 0 Å². The maximum Gasteiger partial charge on any atom is 0.290 e. The van der Waals surface area contributed by atoms with E-state index in [4.69, 9.17) is 25.5 Å². The van der Waals surface area contributed by atoms with Crippen molar-refractivity contribution in [1.29, 1.82) is 0 Å². The van der Waals surface area contributed by atoms with Gasteiger partial charge in [-0.2, -0.15) is 0 Å². The molecule has 1 saturated heterocycles. The standard InChI is InChI=1S/C25H25ClN2O5/c1-31-18-5-2-4-16(14-18)22-21-23(29)19-15-17(26)6-7-20(19)33-24(21)25(30)28(22)9-3-8-27-10-12-32-13-11-27/h2,4-7,14-15,22H,3,8-13H2,1H3/p+1/t22-/m1/s1. The largest absolute Gasteiger partial charge is 0.497 e. The highest BCUT2D eigenvalue weighted by molar-refractivity contribution is 6.31. The predicted molar refractivity (Wildman–Crippen MR) is 124 cm³/mol. The first-order chi connectivity index (χ1) is 16.1. The second kappa shape index (κ2) is 9.17. The average Bonchev–Trinajstić information content (AvgIpc) is 3.12. The van der Waals surface area contributed by atoms with Gasteiger partial charge in [0, 0.05) is 18.0 Å². The van der Waals surface area contributed by atoms with Crippen molar-refractivity contribution in [1.82, 2.24) is 4.90 Å². The lowest BCUT2D eigenvalue weighted by molar-refractivity contribution is -0.908. The van der Waals surface area contributed by atoms with Gasteiger partial charge in [-0.05, 0) is 35.9 Å². The summed E-state index contributed by atoms with van der Waals surface area (Å²) in [5.74, 6) is 0.518. The molecule has 7 nitrogen and oxygen atoms in total. The van der Waals surface area contributed by atoms with Gasteiger partial charge in [0.2, 0.25) is 5.76 Å². The second-order valence-electron chi connectivity index (χ2n) is 8.46. The Bertz CT molecular complexity index is 1250. The van der Waals surface area contributed by atoms with Crippen LogP contribution in [0.3, 0.4) is 0 Å². The van der Waals surface area contributed by atoms with E-state index in [1.807, 2.05) is 24.3 Å². The first-order valence-electron chi connectivity index (χ1n) is 11.2. The SMILES string of the molecule is COc1cccc([C@@H]2c3c(oc4ccc(Cl)cc4c3=O)C(=O)N2CCC[NH+]2CCOCC2)c1. The molecule has 0 radical (unpaired) electrons. The Morgan fingerprint density at radius 2 is 1.97 bits per heavy atom. The Morgan fingerprint density at radius 3 is 2.76 bits per heavy atom. The van der Waals surface area contributed by atoms with Crippen LogP contribution in [-0.2, 0) is 4.74 Å². The maximum atomic E-state index is 13.6. The number of methoxy groups -OCH3 is 1. The molecule has 1 atom stereocenters. The molecule has 1 aromatic heterocycles. The molecule has 1 amide bonds. The maximum absolute atomic E-state index is 13.6. The van der Waals surface area contributed by atoms with E-state index in [9.17, 15) is 9.59 Å². The number of benzene rings is 2. The van der Waals surface area contributed by atoms with Crippen LogP contribution in [0.1, 0.15) is 34.1 Å². The molecular formula is C25H26ClN2O5+. The summed E-state index contributed by atoms with van der Waals surface area (Å²) < 4.78 is 16.8. The molecule has 172 valence electrons. The lowest BCUT2D eigenvalue weighted by atomic mass is 9.98. The van der Waals surface area contributed by atoms with E-state index in [0.29, 0.717) is 33.8 Å². The van der Waals surface area contributed by atoms with Crippen molar-refractivity contribution in [2.24, 2.45) is 0 Å². The molecule has 0 saturated carbocycles. The number of carbonyl (C=O) groups excluding carboxylic acids is 1. The van der Waals surface area contributed by atoms with Gasteiger partial charge in [-0.3, -0.25) is 9.59 Å². The molecule has 1 fully saturated rings. The number of carbonyl (C=O) groups is 1. The van der Waals surface area contributed by atoms with Crippen LogP contribution in [0.5, 0.6) is 5.75 Å². The zero-order valence-corrected chi connectivity index (χ0v) is 19.2.